The van der Waals surface area contributed by atoms with Gasteiger partial charge >= 0.3 is 6.03 Å². The Hall–Kier alpha value is -4.62. The quantitative estimate of drug-likeness (QED) is 0.380. The molecule has 3 aromatic carbocycles. The smallest absolute Gasteiger partial charge is 0.321 e. The van der Waals surface area contributed by atoms with Gasteiger partial charge in [-0.25, -0.2) is 27.7 Å². The van der Waals surface area contributed by atoms with E-state index in [1.165, 1.54) is 47.4 Å². The van der Waals surface area contributed by atoms with Crippen molar-refractivity contribution in [2.24, 2.45) is 22.0 Å². The van der Waals surface area contributed by atoms with Gasteiger partial charge in [-0.3, -0.25) is 14.5 Å². The number of carbonyl (C=O) groups is 3. The van der Waals surface area contributed by atoms with E-state index in [1.807, 2.05) is 4.90 Å². The molecule has 0 aromatic heterocycles. The van der Waals surface area contributed by atoms with Gasteiger partial charge in [0, 0.05) is 29.9 Å². The van der Waals surface area contributed by atoms with E-state index in [-0.39, 0.29) is 34.3 Å². The summed E-state index contributed by atoms with van der Waals surface area (Å²) in [4.78, 5) is 48.6. The SMILES string of the molecule is NS(=O)(=O)c1cccc(NC(=O)NC2N=C(c3ccccc3F)c3ccccc3N(CC(=O)N3CC4CCC(CC4)C3)C2=O)c1. The van der Waals surface area contributed by atoms with Gasteiger partial charge in [0.1, 0.15) is 12.4 Å². The Kier molecular flexibility index (Phi) is 8.38. The Morgan fingerprint density at radius 2 is 1.56 bits per heavy atom. The molecule has 7 rings (SSSR count). The van der Waals surface area contributed by atoms with Crippen LogP contribution in [0, 0.1) is 17.7 Å². The molecule has 4 aliphatic rings. The molecule has 3 aliphatic heterocycles. The number of primary sulfonamides is 1. The highest BCUT2D eigenvalue weighted by Crippen LogP contribution is 2.34. The number of urea groups is 1. The summed E-state index contributed by atoms with van der Waals surface area (Å²) in [6.45, 7) is 0.987. The van der Waals surface area contributed by atoms with Crippen molar-refractivity contribution in [1.29, 1.82) is 0 Å². The van der Waals surface area contributed by atoms with E-state index >= 15 is 4.39 Å². The number of nitrogens with one attached hydrogen (secondary N) is 2. The molecule has 234 valence electrons. The van der Waals surface area contributed by atoms with Gasteiger partial charge in [0.25, 0.3) is 5.91 Å². The molecule has 4 amide bonds. The number of hydrogen-bond acceptors (Lipinski definition) is 6. The Morgan fingerprint density at radius 3 is 2.22 bits per heavy atom. The molecule has 0 radical (unpaired) electrons. The number of nitrogens with two attached hydrogens (primary N) is 1. The molecule has 3 aromatic rings. The number of hydrogen-bond donors (Lipinski definition) is 3. The zero-order chi connectivity index (χ0) is 31.7. The van der Waals surface area contributed by atoms with E-state index in [1.54, 1.807) is 30.3 Å². The van der Waals surface area contributed by atoms with Crippen LogP contribution >= 0.6 is 0 Å². The number of aliphatic imine (C=N–C) groups is 1. The lowest BCUT2D eigenvalue weighted by Gasteiger charge is -2.29. The van der Waals surface area contributed by atoms with Crippen LogP contribution in [-0.2, 0) is 19.6 Å². The number of amides is 4. The van der Waals surface area contributed by atoms with Gasteiger partial charge in [-0.05, 0) is 73.9 Å². The number of sulfonamides is 1. The van der Waals surface area contributed by atoms with E-state index in [9.17, 15) is 22.8 Å². The summed E-state index contributed by atoms with van der Waals surface area (Å²) in [5, 5.41) is 10.2. The standard InChI is InChI=1S/C32H33FN6O5S/c33-26-10-3-1-8-24(26)29-25-9-2-4-11-27(25)39(19-28(40)38-17-20-12-13-21(18-38)15-14-20)31(41)30(36-29)37-32(42)35-22-6-5-7-23(16-22)45(34,43)44/h1-11,16,20-21,30H,12-15,17-19H2,(H2,34,43,44)(H2,35,37,42). The van der Waals surface area contributed by atoms with Crippen molar-refractivity contribution >= 4 is 45.0 Å². The number of fused-ring (bicyclic) bond motifs is 5. The highest BCUT2D eigenvalue weighted by Gasteiger charge is 2.37. The first kappa shape index (κ1) is 30.4. The average Bonchev–Trinajstić information content (AvgIpc) is 3.40. The predicted octanol–water partition coefficient (Wildman–Crippen LogP) is 3.45. The third kappa shape index (κ3) is 6.59. The molecule has 2 saturated heterocycles. The van der Waals surface area contributed by atoms with Crippen LogP contribution in [-0.4, -0.2) is 62.7 Å². The minimum absolute atomic E-state index is 0.101. The second kappa shape index (κ2) is 12.4. The monoisotopic (exact) mass is 632 g/mol. The molecule has 3 fully saturated rings. The topological polar surface area (TPSA) is 154 Å². The Balaban J connectivity index is 1.34. The summed E-state index contributed by atoms with van der Waals surface area (Å²) in [6, 6.07) is 17.2. The molecular weight excluding hydrogens is 599 g/mol. The zero-order valence-corrected chi connectivity index (χ0v) is 25.2. The van der Waals surface area contributed by atoms with Gasteiger partial charge in [0.05, 0.1) is 16.3 Å². The lowest BCUT2D eigenvalue weighted by atomic mass is 9.84. The molecule has 3 heterocycles. The van der Waals surface area contributed by atoms with Gasteiger partial charge in [-0.15, -0.1) is 0 Å². The number of benzene rings is 3. The Morgan fingerprint density at radius 1 is 0.911 bits per heavy atom. The summed E-state index contributed by atoms with van der Waals surface area (Å²) in [5.74, 6) is -0.614. The Bertz CT molecular complexity index is 1780. The summed E-state index contributed by atoms with van der Waals surface area (Å²) < 4.78 is 38.8. The fourth-order valence-corrected chi connectivity index (χ4v) is 6.89. The fraction of sp³-hybridized carbons (Fsp3) is 0.312. The number of halogens is 1. The molecule has 1 atom stereocenters. The van der Waals surface area contributed by atoms with Crippen LogP contribution in [0.1, 0.15) is 36.8 Å². The molecule has 45 heavy (non-hydrogen) atoms. The summed E-state index contributed by atoms with van der Waals surface area (Å²) in [7, 11) is -4.03. The van der Waals surface area contributed by atoms with Gasteiger partial charge in [-0.2, -0.15) is 0 Å². The van der Waals surface area contributed by atoms with E-state index < -0.39 is 33.9 Å². The predicted molar refractivity (Wildman–Crippen MR) is 167 cm³/mol. The molecule has 4 N–H and O–H groups in total. The summed E-state index contributed by atoms with van der Waals surface area (Å²) >= 11 is 0. The van der Waals surface area contributed by atoms with Crippen molar-refractivity contribution in [2.75, 3.05) is 29.9 Å². The minimum atomic E-state index is -4.03. The first-order valence-corrected chi connectivity index (χ1v) is 16.3. The fourth-order valence-electron chi connectivity index (χ4n) is 6.33. The number of benzodiazepines with no additional fused rings is 1. The van der Waals surface area contributed by atoms with Crippen molar-refractivity contribution in [3.8, 4) is 0 Å². The van der Waals surface area contributed by atoms with Crippen LogP contribution in [0.25, 0.3) is 0 Å². The van der Waals surface area contributed by atoms with Crippen LogP contribution in [0.5, 0.6) is 0 Å². The van der Waals surface area contributed by atoms with E-state index in [0.717, 1.165) is 25.7 Å². The van der Waals surface area contributed by atoms with Crippen LogP contribution < -0.4 is 20.7 Å². The van der Waals surface area contributed by atoms with Gasteiger partial charge in [0.15, 0.2) is 0 Å². The first-order valence-electron chi connectivity index (χ1n) is 14.8. The third-order valence-corrected chi connectivity index (χ3v) is 9.51. The molecule has 1 aliphatic carbocycles. The number of rotatable bonds is 6. The molecule has 13 heteroatoms. The van der Waals surface area contributed by atoms with Crippen molar-refractivity contribution in [3.05, 3.63) is 89.7 Å². The normalized spacial score (nSPS) is 21.3. The Labute approximate surface area is 260 Å². The van der Waals surface area contributed by atoms with Crippen molar-refractivity contribution in [1.82, 2.24) is 10.2 Å². The second-order valence-electron chi connectivity index (χ2n) is 11.7. The number of nitrogens with zero attached hydrogens (tertiary/aromatic N) is 3. The van der Waals surface area contributed by atoms with Gasteiger partial charge in [-0.1, -0.05) is 36.4 Å². The van der Waals surface area contributed by atoms with Gasteiger partial charge < -0.3 is 15.5 Å². The van der Waals surface area contributed by atoms with E-state index in [0.29, 0.717) is 36.2 Å². The van der Waals surface area contributed by atoms with Crippen LogP contribution in [0.2, 0.25) is 0 Å². The lowest BCUT2D eigenvalue weighted by molar-refractivity contribution is -0.132. The maximum Gasteiger partial charge on any atom is 0.321 e. The zero-order valence-electron chi connectivity index (χ0n) is 24.4. The van der Waals surface area contributed by atoms with Gasteiger partial charge in [0.2, 0.25) is 22.1 Å². The number of anilines is 2. The van der Waals surface area contributed by atoms with Crippen LogP contribution in [0.15, 0.2) is 82.7 Å². The molecular formula is C32H33FN6O5S. The van der Waals surface area contributed by atoms with Crippen LogP contribution in [0.3, 0.4) is 0 Å². The van der Waals surface area contributed by atoms with Crippen molar-refractivity contribution in [2.45, 2.75) is 36.7 Å². The summed E-state index contributed by atoms with van der Waals surface area (Å²) in [5.41, 5.74) is 1.13. The first-order chi connectivity index (χ1) is 21.6. The maximum absolute atomic E-state index is 15.2. The minimum Gasteiger partial charge on any atom is -0.341 e. The third-order valence-electron chi connectivity index (χ3n) is 8.59. The molecule has 11 nitrogen and oxygen atoms in total. The molecule has 1 unspecified atom stereocenters. The average molecular weight is 633 g/mol. The van der Waals surface area contributed by atoms with E-state index in [2.05, 4.69) is 15.6 Å². The van der Waals surface area contributed by atoms with Crippen molar-refractivity contribution in [3.63, 3.8) is 0 Å². The highest BCUT2D eigenvalue weighted by atomic mass is 32.2. The number of carbonyl (C=O) groups excluding carboxylic acids is 3. The van der Waals surface area contributed by atoms with Crippen molar-refractivity contribution < 1.29 is 27.2 Å². The largest absolute Gasteiger partial charge is 0.341 e. The molecule has 2 bridgehead atoms. The molecule has 0 spiro atoms. The molecule has 1 saturated carbocycles. The number of para-hydroxylation sites is 1. The van der Waals surface area contributed by atoms with E-state index in [4.69, 9.17) is 5.14 Å². The lowest BCUT2D eigenvalue weighted by Crippen LogP contribution is -2.51. The highest BCUT2D eigenvalue weighted by molar-refractivity contribution is 7.89. The second-order valence-corrected chi connectivity index (χ2v) is 13.2. The maximum atomic E-state index is 15.2. The van der Waals surface area contributed by atoms with Crippen LogP contribution in [0.4, 0.5) is 20.6 Å². The summed E-state index contributed by atoms with van der Waals surface area (Å²) in [6.07, 6.45) is 2.78.